The van der Waals surface area contributed by atoms with Gasteiger partial charge in [0, 0.05) is 6.42 Å². The molecule has 61 heavy (non-hydrogen) atoms. The molecular formula is C42H79NO18. The third-order valence-corrected chi connectivity index (χ3v) is 11.9. The van der Waals surface area contributed by atoms with Crippen LogP contribution in [0.1, 0.15) is 129 Å². The van der Waals surface area contributed by atoms with Gasteiger partial charge in [-0.15, -0.1) is 0 Å². The van der Waals surface area contributed by atoms with E-state index in [-0.39, 0.29) is 18.9 Å². The molecule has 3 heterocycles. The summed E-state index contributed by atoms with van der Waals surface area (Å²) in [6.07, 6.45) is -8.65. The van der Waals surface area contributed by atoms with Crippen LogP contribution in [-0.2, 0) is 33.2 Å². The van der Waals surface area contributed by atoms with Crippen LogP contribution in [0.25, 0.3) is 0 Å². The minimum absolute atomic E-state index is 0.253. The topological polar surface area (TPSA) is 307 Å². The third kappa shape index (κ3) is 16.9. The van der Waals surface area contributed by atoms with E-state index in [1.165, 1.54) is 38.5 Å². The maximum absolute atomic E-state index is 13.1. The first-order chi connectivity index (χ1) is 29.3. The molecule has 0 spiro atoms. The van der Waals surface area contributed by atoms with Gasteiger partial charge in [0.05, 0.1) is 38.6 Å². The number of ether oxygens (including phenoxy) is 6. The van der Waals surface area contributed by atoms with Crippen molar-refractivity contribution in [1.29, 1.82) is 0 Å². The van der Waals surface area contributed by atoms with E-state index >= 15 is 0 Å². The quantitative estimate of drug-likeness (QED) is 0.0399. The van der Waals surface area contributed by atoms with Gasteiger partial charge in [-0.25, -0.2) is 0 Å². The Morgan fingerprint density at radius 2 is 0.934 bits per heavy atom. The molecule has 3 saturated heterocycles. The maximum atomic E-state index is 13.1. The van der Waals surface area contributed by atoms with Gasteiger partial charge in [-0.3, -0.25) is 4.79 Å². The van der Waals surface area contributed by atoms with Crippen molar-refractivity contribution in [2.75, 3.05) is 26.4 Å². The minimum atomic E-state index is -1.96. The lowest BCUT2D eigenvalue weighted by Gasteiger charge is -2.48. The Hall–Kier alpha value is -1.21. The average molecular weight is 886 g/mol. The highest BCUT2D eigenvalue weighted by atomic mass is 16.8. The molecule has 0 bridgehead atoms. The van der Waals surface area contributed by atoms with Gasteiger partial charge in [0.2, 0.25) is 5.91 Å². The predicted octanol–water partition coefficient (Wildman–Crippen LogP) is -0.641. The fourth-order valence-corrected chi connectivity index (χ4v) is 8.02. The summed E-state index contributed by atoms with van der Waals surface area (Å²) in [7, 11) is 0. The molecule has 360 valence electrons. The molecule has 0 saturated carbocycles. The summed E-state index contributed by atoms with van der Waals surface area (Å²) in [6.45, 7) is 1.65. The van der Waals surface area contributed by atoms with Crippen LogP contribution in [-0.4, -0.2) is 193 Å². The number of unbranched alkanes of at least 4 members (excludes halogenated alkanes) is 14. The van der Waals surface area contributed by atoms with E-state index in [2.05, 4.69) is 19.2 Å². The number of aliphatic hydroxyl groups excluding tert-OH is 11. The number of aliphatic hydroxyl groups is 11. The molecule has 3 aliphatic heterocycles. The normalized spacial score (nSPS) is 35.5. The second-order valence-electron chi connectivity index (χ2n) is 16.9. The highest BCUT2D eigenvalue weighted by Gasteiger charge is 2.53. The van der Waals surface area contributed by atoms with Crippen molar-refractivity contribution in [3.8, 4) is 0 Å². The van der Waals surface area contributed by atoms with E-state index in [4.69, 9.17) is 28.4 Å². The molecule has 3 fully saturated rings. The first-order valence-electron chi connectivity index (χ1n) is 22.8. The van der Waals surface area contributed by atoms with E-state index in [0.29, 0.717) is 12.8 Å². The second kappa shape index (κ2) is 29.4. The zero-order valence-corrected chi connectivity index (χ0v) is 36.1. The van der Waals surface area contributed by atoms with Crippen LogP contribution in [0.4, 0.5) is 0 Å². The Morgan fingerprint density at radius 1 is 0.525 bits per heavy atom. The Morgan fingerprint density at radius 3 is 1.43 bits per heavy atom. The van der Waals surface area contributed by atoms with Crippen LogP contribution in [0.3, 0.4) is 0 Å². The minimum Gasteiger partial charge on any atom is -0.394 e. The van der Waals surface area contributed by atoms with Crippen molar-refractivity contribution >= 4 is 5.91 Å². The summed E-state index contributed by atoms with van der Waals surface area (Å²) in [5.74, 6) is -0.253. The summed E-state index contributed by atoms with van der Waals surface area (Å²) < 4.78 is 34.0. The van der Waals surface area contributed by atoms with Gasteiger partial charge in [-0.1, -0.05) is 110 Å². The number of carbonyl (C=O) groups is 1. The molecule has 0 aliphatic carbocycles. The SMILES string of the molecule is CCCCCCCCCCCC(=O)NC(COC1OC(CO)C(OC2OC(CO)C(OC3OC(CO)C(O)C(O)C3O)C(O)C2O)C(O)C1O)C(O)CCCCCCCCC. The standard InChI is InChI=1S/C42H79NO18/c1-3-5-7-9-11-12-14-16-18-20-30(48)43-25(26(47)19-17-15-13-10-8-6-4-2)24-56-40-36(54)33(51)38(28(22-45)58-40)61-42-37(55)34(52)39(29(23-46)59-42)60-41-35(53)32(50)31(49)27(21-44)57-41/h25-29,31-42,44-47,49-55H,3-24H2,1-2H3,(H,43,48). The molecule has 19 heteroatoms. The predicted molar refractivity (Wildman–Crippen MR) is 217 cm³/mol. The van der Waals surface area contributed by atoms with Gasteiger partial charge in [-0.05, 0) is 12.8 Å². The second-order valence-corrected chi connectivity index (χ2v) is 16.9. The van der Waals surface area contributed by atoms with Crippen LogP contribution in [0, 0.1) is 0 Å². The first-order valence-corrected chi connectivity index (χ1v) is 22.8. The van der Waals surface area contributed by atoms with Crippen molar-refractivity contribution in [3.63, 3.8) is 0 Å². The summed E-state index contributed by atoms with van der Waals surface area (Å²) in [5.41, 5.74) is 0. The number of nitrogens with one attached hydrogen (secondary N) is 1. The van der Waals surface area contributed by atoms with Gasteiger partial charge in [-0.2, -0.15) is 0 Å². The number of rotatable bonds is 30. The van der Waals surface area contributed by atoms with Gasteiger partial charge in [0.25, 0.3) is 0 Å². The largest absolute Gasteiger partial charge is 0.394 e. The van der Waals surface area contributed by atoms with Gasteiger partial charge >= 0.3 is 0 Å². The lowest BCUT2D eigenvalue weighted by atomic mass is 9.96. The molecule has 12 N–H and O–H groups in total. The molecule has 0 aromatic heterocycles. The zero-order valence-electron chi connectivity index (χ0n) is 36.1. The molecule has 3 aliphatic rings. The van der Waals surface area contributed by atoms with Crippen LogP contribution in [0.2, 0.25) is 0 Å². The first kappa shape index (κ1) is 54.1. The summed E-state index contributed by atoms with van der Waals surface area (Å²) in [6, 6.07) is -0.874. The molecule has 0 radical (unpaired) electrons. The van der Waals surface area contributed by atoms with E-state index < -0.39 is 124 Å². The van der Waals surface area contributed by atoms with E-state index in [1.807, 2.05) is 0 Å². The molecule has 19 nitrogen and oxygen atoms in total. The van der Waals surface area contributed by atoms with Crippen molar-refractivity contribution in [2.24, 2.45) is 0 Å². The van der Waals surface area contributed by atoms with Crippen LogP contribution in [0.5, 0.6) is 0 Å². The summed E-state index contributed by atoms with van der Waals surface area (Å²) in [5, 5.41) is 119. The molecule has 1 amide bonds. The zero-order chi connectivity index (χ0) is 44.9. The molecule has 0 aromatic carbocycles. The Labute approximate surface area is 360 Å². The molecule has 17 atom stereocenters. The highest BCUT2D eigenvalue weighted by molar-refractivity contribution is 5.76. The van der Waals surface area contributed by atoms with Crippen LogP contribution >= 0.6 is 0 Å². The van der Waals surface area contributed by atoms with Crippen molar-refractivity contribution < 1.29 is 89.4 Å². The van der Waals surface area contributed by atoms with Crippen molar-refractivity contribution in [1.82, 2.24) is 5.32 Å². The number of amides is 1. The monoisotopic (exact) mass is 886 g/mol. The average Bonchev–Trinajstić information content (AvgIpc) is 3.25. The smallest absolute Gasteiger partial charge is 0.220 e. The fraction of sp³-hybridized carbons (Fsp3) is 0.976. The number of hydrogen-bond acceptors (Lipinski definition) is 18. The molecule has 17 unspecified atom stereocenters. The van der Waals surface area contributed by atoms with Gasteiger partial charge in [0.15, 0.2) is 18.9 Å². The Kier molecular flexibility index (Phi) is 26.0. The van der Waals surface area contributed by atoms with E-state index in [0.717, 1.165) is 57.8 Å². The lowest BCUT2D eigenvalue weighted by molar-refractivity contribution is -0.379. The summed E-state index contributed by atoms with van der Waals surface area (Å²) >= 11 is 0. The number of carbonyl (C=O) groups excluding carboxylic acids is 1. The Bertz CT molecular complexity index is 1160. The third-order valence-electron chi connectivity index (χ3n) is 11.9. The Balaban J connectivity index is 1.59. The highest BCUT2D eigenvalue weighted by Crippen LogP contribution is 2.33. The lowest BCUT2D eigenvalue weighted by Crippen LogP contribution is -2.66. The summed E-state index contributed by atoms with van der Waals surface area (Å²) in [4.78, 5) is 13.1. The van der Waals surface area contributed by atoms with Crippen LogP contribution in [0.15, 0.2) is 0 Å². The van der Waals surface area contributed by atoms with E-state index in [1.54, 1.807) is 0 Å². The van der Waals surface area contributed by atoms with Gasteiger partial charge in [0.1, 0.15) is 73.2 Å². The van der Waals surface area contributed by atoms with E-state index in [9.17, 15) is 61.0 Å². The van der Waals surface area contributed by atoms with Crippen LogP contribution < -0.4 is 5.32 Å². The van der Waals surface area contributed by atoms with Gasteiger partial charge < -0.3 is 89.9 Å². The fourth-order valence-electron chi connectivity index (χ4n) is 8.02. The van der Waals surface area contributed by atoms with Crippen molar-refractivity contribution in [3.05, 3.63) is 0 Å². The number of hydrogen-bond donors (Lipinski definition) is 12. The molecule has 0 aromatic rings. The maximum Gasteiger partial charge on any atom is 0.220 e. The molecular weight excluding hydrogens is 806 g/mol. The van der Waals surface area contributed by atoms with Crippen molar-refractivity contribution in [2.45, 2.75) is 234 Å². The molecule has 3 rings (SSSR count).